The third kappa shape index (κ3) is 4.20. The minimum Gasteiger partial charge on any atom is -0.480 e. The molecule has 1 aromatic carbocycles. The second-order valence-corrected chi connectivity index (χ2v) is 7.61. The molecule has 144 valence electrons. The Balaban J connectivity index is 1.33. The number of carbonyl (C=O) groups excluding carboxylic acids is 1. The molecule has 2 heterocycles. The number of fused-ring (bicyclic) bond motifs is 1. The van der Waals surface area contributed by atoms with Gasteiger partial charge in [-0.15, -0.1) is 0 Å². The van der Waals surface area contributed by atoms with Gasteiger partial charge in [0.25, 0.3) is 0 Å². The zero-order valence-corrected chi connectivity index (χ0v) is 15.9. The number of ether oxygens (including phenoxy) is 1. The molecule has 0 radical (unpaired) electrons. The van der Waals surface area contributed by atoms with Crippen molar-refractivity contribution < 1.29 is 9.53 Å². The Morgan fingerprint density at radius 1 is 1.22 bits per heavy atom. The normalized spacial score (nSPS) is 22.1. The van der Waals surface area contributed by atoms with Gasteiger partial charge in [-0.25, -0.2) is 9.97 Å². The summed E-state index contributed by atoms with van der Waals surface area (Å²) in [6.45, 7) is 0.718. The molecule has 0 bridgehead atoms. The van der Waals surface area contributed by atoms with Crippen molar-refractivity contribution in [2.75, 3.05) is 20.7 Å². The molecular formula is C20H27N5O2. The molecular weight excluding hydrogens is 342 g/mol. The van der Waals surface area contributed by atoms with Crippen molar-refractivity contribution in [3.05, 3.63) is 30.0 Å². The van der Waals surface area contributed by atoms with Crippen LogP contribution in [0.1, 0.15) is 31.4 Å². The molecule has 7 heteroatoms. The van der Waals surface area contributed by atoms with E-state index in [0.717, 1.165) is 35.6 Å². The van der Waals surface area contributed by atoms with E-state index < -0.39 is 0 Å². The first-order valence-corrected chi connectivity index (χ1v) is 9.68. The lowest BCUT2D eigenvalue weighted by Gasteiger charge is -2.21. The summed E-state index contributed by atoms with van der Waals surface area (Å²) in [5, 5.41) is 0. The first-order chi connectivity index (χ1) is 13.1. The van der Waals surface area contributed by atoms with E-state index in [2.05, 4.69) is 20.8 Å². The zero-order chi connectivity index (χ0) is 18.8. The topological polar surface area (TPSA) is 79.4 Å². The number of rotatable bonds is 7. The summed E-state index contributed by atoms with van der Waals surface area (Å²) >= 11 is 0. The van der Waals surface area contributed by atoms with Crippen LogP contribution in [0.4, 0.5) is 0 Å². The number of likely N-dealkylation sites (N-methyl/N-ethyl adjacent to an activating group) is 1. The predicted octanol–water partition coefficient (Wildman–Crippen LogP) is 1.67. The van der Waals surface area contributed by atoms with E-state index in [1.165, 1.54) is 12.8 Å². The Hall–Kier alpha value is -2.25. The van der Waals surface area contributed by atoms with Crippen LogP contribution in [0, 0.1) is 5.92 Å². The molecule has 1 aliphatic heterocycles. The van der Waals surface area contributed by atoms with Crippen LogP contribution >= 0.6 is 0 Å². The van der Waals surface area contributed by atoms with E-state index in [9.17, 15) is 4.79 Å². The second-order valence-electron chi connectivity index (χ2n) is 7.61. The molecule has 2 aromatic rings. The van der Waals surface area contributed by atoms with Crippen LogP contribution in [0.15, 0.2) is 24.3 Å². The Kier molecular flexibility index (Phi) is 5.22. The Labute approximate surface area is 159 Å². The predicted molar refractivity (Wildman–Crippen MR) is 103 cm³/mol. The molecule has 2 fully saturated rings. The molecule has 27 heavy (non-hydrogen) atoms. The third-order valence-corrected chi connectivity index (χ3v) is 5.50. The van der Waals surface area contributed by atoms with Gasteiger partial charge >= 0.3 is 0 Å². The van der Waals surface area contributed by atoms with E-state index in [1.807, 2.05) is 36.2 Å². The number of amides is 1. The summed E-state index contributed by atoms with van der Waals surface area (Å²) in [6, 6.07) is 8.58. The number of benzene rings is 1. The van der Waals surface area contributed by atoms with Crippen LogP contribution in [0.5, 0.6) is 5.88 Å². The highest BCUT2D eigenvalue weighted by molar-refractivity contribution is 5.77. The number of hydrogen-bond acceptors (Lipinski definition) is 6. The van der Waals surface area contributed by atoms with Crippen LogP contribution in [-0.2, 0) is 11.2 Å². The SMILES string of the molecule is COc1nc2ccccc2nc1CCC(=O)N(C)CC1CC(C2CC2)NN1. The number of nitrogens with one attached hydrogen (secondary N) is 2. The highest BCUT2D eigenvalue weighted by atomic mass is 16.5. The third-order valence-electron chi connectivity index (χ3n) is 5.50. The van der Waals surface area contributed by atoms with Gasteiger partial charge < -0.3 is 9.64 Å². The summed E-state index contributed by atoms with van der Waals surface area (Å²) in [4.78, 5) is 23.5. The first kappa shape index (κ1) is 18.1. The van der Waals surface area contributed by atoms with Crippen molar-refractivity contribution in [3.63, 3.8) is 0 Å². The fourth-order valence-corrected chi connectivity index (χ4v) is 3.77. The van der Waals surface area contributed by atoms with Crippen molar-refractivity contribution in [1.82, 2.24) is 25.7 Å². The van der Waals surface area contributed by atoms with Gasteiger partial charge in [0.05, 0.1) is 18.1 Å². The van der Waals surface area contributed by atoms with E-state index in [4.69, 9.17) is 4.74 Å². The summed E-state index contributed by atoms with van der Waals surface area (Å²) in [7, 11) is 3.46. The molecule has 1 aromatic heterocycles. The Morgan fingerprint density at radius 2 is 1.96 bits per heavy atom. The zero-order valence-electron chi connectivity index (χ0n) is 15.9. The number of hydrogen-bond donors (Lipinski definition) is 2. The number of methoxy groups -OCH3 is 1. The summed E-state index contributed by atoms with van der Waals surface area (Å²) in [5.74, 6) is 1.43. The number of nitrogens with zero attached hydrogens (tertiary/aromatic N) is 3. The highest BCUT2D eigenvalue weighted by Crippen LogP contribution is 2.35. The molecule has 2 aliphatic rings. The van der Waals surface area contributed by atoms with Gasteiger partial charge in [-0.1, -0.05) is 12.1 Å². The smallest absolute Gasteiger partial charge is 0.235 e. The van der Waals surface area contributed by atoms with Crippen molar-refractivity contribution in [2.24, 2.45) is 5.92 Å². The minimum absolute atomic E-state index is 0.115. The van der Waals surface area contributed by atoms with Crippen molar-refractivity contribution in [2.45, 2.75) is 44.2 Å². The van der Waals surface area contributed by atoms with E-state index in [1.54, 1.807) is 7.11 Å². The second kappa shape index (κ2) is 7.78. The maximum atomic E-state index is 12.6. The molecule has 4 rings (SSSR count). The molecule has 1 saturated heterocycles. The van der Waals surface area contributed by atoms with Gasteiger partial charge in [0.15, 0.2) is 0 Å². The average Bonchev–Trinajstić information content (AvgIpc) is 3.44. The van der Waals surface area contributed by atoms with E-state index in [0.29, 0.717) is 30.8 Å². The number of hydrazine groups is 1. The number of aromatic nitrogens is 2. The molecule has 1 saturated carbocycles. The molecule has 2 atom stereocenters. The number of carbonyl (C=O) groups is 1. The minimum atomic E-state index is 0.115. The van der Waals surface area contributed by atoms with Crippen LogP contribution < -0.4 is 15.6 Å². The maximum absolute atomic E-state index is 12.6. The number of para-hydroxylation sites is 2. The van der Waals surface area contributed by atoms with Crippen molar-refractivity contribution in [3.8, 4) is 5.88 Å². The quantitative estimate of drug-likeness (QED) is 0.773. The Morgan fingerprint density at radius 3 is 2.67 bits per heavy atom. The Bertz CT molecular complexity index is 823. The van der Waals surface area contributed by atoms with Gasteiger partial charge in [-0.05, 0) is 37.3 Å². The maximum Gasteiger partial charge on any atom is 0.235 e. The van der Waals surface area contributed by atoms with Gasteiger partial charge in [-0.2, -0.15) is 0 Å². The number of aryl methyl sites for hydroxylation is 1. The van der Waals surface area contributed by atoms with Gasteiger partial charge in [0.2, 0.25) is 11.8 Å². The highest BCUT2D eigenvalue weighted by Gasteiger charge is 2.36. The molecule has 2 unspecified atom stereocenters. The molecule has 0 spiro atoms. The average molecular weight is 369 g/mol. The van der Waals surface area contributed by atoms with Gasteiger partial charge in [0, 0.05) is 38.5 Å². The van der Waals surface area contributed by atoms with Crippen molar-refractivity contribution >= 4 is 16.9 Å². The fourth-order valence-electron chi connectivity index (χ4n) is 3.77. The van der Waals surface area contributed by atoms with Gasteiger partial charge in [0.1, 0.15) is 5.69 Å². The lowest BCUT2D eigenvalue weighted by Crippen LogP contribution is -2.41. The van der Waals surface area contributed by atoms with E-state index >= 15 is 0 Å². The van der Waals surface area contributed by atoms with Crippen molar-refractivity contribution in [1.29, 1.82) is 0 Å². The first-order valence-electron chi connectivity index (χ1n) is 9.68. The monoisotopic (exact) mass is 369 g/mol. The lowest BCUT2D eigenvalue weighted by molar-refractivity contribution is -0.130. The molecule has 2 N–H and O–H groups in total. The standard InChI is InChI=1S/C20H27N5O2/c1-25(12-14-11-18(24-23-14)13-7-8-13)19(26)10-9-17-20(27-2)22-16-6-4-3-5-15(16)21-17/h3-6,13-14,18,23-24H,7-12H2,1-2H3. The fraction of sp³-hybridized carbons (Fsp3) is 0.550. The summed E-state index contributed by atoms with van der Waals surface area (Å²) in [6.07, 6.45) is 4.66. The molecule has 7 nitrogen and oxygen atoms in total. The molecule has 1 aliphatic carbocycles. The van der Waals surface area contributed by atoms with Crippen LogP contribution in [0.2, 0.25) is 0 Å². The van der Waals surface area contributed by atoms with Crippen LogP contribution in [0.25, 0.3) is 11.0 Å². The molecule has 1 amide bonds. The summed E-state index contributed by atoms with van der Waals surface area (Å²) < 4.78 is 5.38. The van der Waals surface area contributed by atoms with Crippen LogP contribution in [0.3, 0.4) is 0 Å². The lowest BCUT2D eigenvalue weighted by atomic mass is 10.1. The van der Waals surface area contributed by atoms with Gasteiger partial charge in [-0.3, -0.25) is 15.6 Å². The van der Waals surface area contributed by atoms with E-state index in [-0.39, 0.29) is 5.91 Å². The van der Waals surface area contributed by atoms with Crippen LogP contribution in [-0.4, -0.2) is 53.6 Å². The summed E-state index contributed by atoms with van der Waals surface area (Å²) in [5.41, 5.74) is 9.07. The largest absolute Gasteiger partial charge is 0.480 e.